The summed E-state index contributed by atoms with van der Waals surface area (Å²) in [5.74, 6) is -1.33. The van der Waals surface area contributed by atoms with Crippen LogP contribution in [0.2, 0.25) is 5.02 Å². The second-order valence-corrected chi connectivity index (χ2v) is 9.46. The summed E-state index contributed by atoms with van der Waals surface area (Å²) >= 11 is 7.74. The van der Waals surface area contributed by atoms with Gasteiger partial charge in [-0.25, -0.2) is 0 Å². The maximum absolute atomic E-state index is 11.7. The first-order chi connectivity index (χ1) is 15.2. The van der Waals surface area contributed by atoms with Crippen molar-refractivity contribution in [1.82, 2.24) is 5.32 Å². The second kappa shape index (κ2) is 10.8. The Morgan fingerprint density at radius 1 is 1.06 bits per heavy atom. The number of carboxylic acids is 2. The highest BCUT2D eigenvalue weighted by Gasteiger charge is 2.26. The largest absolute Gasteiger partial charge is 0.489 e. The van der Waals surface area contributed by atoms with Crippen molar-refractivity contribution in [3.8, 4) is 5.75 Å². The maximum atomic E-state index is 11.7. The average Bonchev–Trinajstić information content (AvgIpc) is 3.13. The van der Waals surface area contributed by atoms with Crippen molar-refractivity contribution in [1.29, 1.82) is 0 Å². The SMILES string of the molecule is CC(C)C[C@H](N[C@@H](Cc1ccc(OCc2csc3ccc(Cl)cc23)cc1)C(=O)O)C(=O)O. The van der Waals surface area contributed by atoms with Crippen molar-refractivity contribution in [2.75, 3.05) is 0 Å². The number of benzene rings is 2. The number of carbonyl (C=O) groups is 2. The summed E-state index contributed by atoms with van der Waals surface area (Å²) in [5, 5.41) is 25.5. The van der Waals surface area contributed by atoms with Gasteiger partial charge < -0.3 is 14.9 Å². The summed E-state index contributed by atoms with van der Waals surface area (Å²) < 4.78 is 7.05. The van der Waals surface area contributed by atoms with Crippen molar-refractivity contribution in [2.45, 2.75) is 45.4 Å². The number of thiophene rings is 1. The molecular weight excluding hydrogens is 450 g/mol. The van der Waals surface area contributed by atoms with E-state index in [-0.39, 0.29) is 12.3 Å². The van der Waals surface area contributed by atoms with E-state index in [0.29, 0.717) is 23.8 Å². The molecule has 0 aliphatic heterocycles. The molecule has 0 amide bonds. The molecule has 1 heterocycles. The first-order valence-corrected chi connectivity index (χ1v) is 11.6. The van der Waals surface area contributed by atoms with Gasteiger partial charge in [0.25, 0.3) is 0 Å². The molecule has 0 radical (unpaired) electrons. The van der Waals surface area contributed by atoms with Crippen LogP contribution in [0.25, 0.3) is 10.1 Å². The van der Waals surface area contributed by atoms with Crippen LogP contribution in [-0.2, 0) is 22.6 Å². The zero-order valence-electron chi connectivity index (χ0n) is 17.9. The Morgan fingerprint density at radius 3 is 2.38 bits per heavy atom. The van der Waals surface area contributed by atoms with Crippen LogP contribution < -0.4 is 10.1 Å². The Kier molecular flexibility index (Phi) is 8.12. The van der Waals surface area contributed by atoms with Crippen LogP contribution in [0.15, 0.2) is 47.8 Å². The molecule has 3 rings (SSSR count). The Bertz CT molecular complexity index is 1080. The quantitative estimate of drug-likeness (QED) is 0.352. The van der Waals surface area contributed by atoms with Crippen LogP contribution >= 0.6 is 22.9 Å². The predicted octanol–water partition coefficient (Wildman–Crippen LogP) is 5.22. The third kappa shape index (κ3) is 6.45. The van der Waals surface area contributed by atoms with Gasteiger partial charge in [0.2, 0.25) is 0 Å². The Labute approximate surface area is 195 Å². The van der Waals surface area contributed by atoms with Crippen LogP contribution in [0.4, 0.5) is 0 Å². The van der Waals surface area contributed by atoms with Gasteiger partial charge in [-0.2, -0.15) is 0 Å². The molecular formula is C24H26ClNO5S. The van der Waals surface area contributed by atoms with Gasteiger partial charge in [-0.05, 0) is 60.0 Å². The third-order valence-corrected chi connectivity index (χ3v) is 6.33. The Hall–Kier alpha value is -2.61. The number of hydrogen-bond acceptors (Lipinski definition) is 5. The van der Waals surface area contributed by atoms with Gasteiger partial charge in [0.05, 0.1) is 0 Å². The van der Waals surface area contributed by atoms with Gasteiger partial charge in [-0.3, -0.25) is 14.9 Å². The standard InChI is InChI=1S/C24H26ClNO5S/c1-14(2)9-20(23(27)28)26-21(24(29)30)10-15-3-6-18(7-4-15)31-12-16-13-32-22-8-5-17(25)11-19(16)22/h3-8,11,13-14,20-21,26H,9-10,12H2,1-2H3,(H,27,28)(H,29,30)/t20-,21-/m0/s1. The molecule has 0 saturated carbocycles. The summed E-state index contributed by atoms with van der Waals surface area (Å²) in [6.07, 6.45) is 0.527. The van der Waals surface area contributed by atoms with Crippen LogP contribution in [0.5, 0.6) is 5.75 Å². The molecule has 0 spiro atoms. The van der Waals surface area contributed by atoms with E-state index in [1.54, 1.807) is 35.6 Å². The van der Waals surface area contributed by atoms with E-state index >= 15 is 0 Å². The number of halogens is 1. The molecule has 1 aromatic heterocycles. The fourth-order valence-corrected chi connectivity index (χ4v) is 4.56. The molecule has 0 unspecified atom stereocenters. The lowest BCUT2D eigenvalue weighted by molar-refractivity contribution is -0.142. The highest BCUT2D eigenvalue weighted by Crippen LogP contribution is 2.29. The lowest BCUT2D eigenvalue weighted by Crippen LogP contribution is -2.48. The van der Waals surface area contributed by atoms with E-state index in [9.17, 15) is 19.8 Å². The molecule has 0 aliphatic rings. The molecule has 0 fully saturated rings. The Balaban J connectivity index is 1.62. The maximum Gasteiger partial charge on any atom is 0.321 e. The lowest BCUT2D eigenvalue weighted by Gasteiger charge is -2.22. The molecule has 8 heteroatoms. The van der Waals surface area contributed by atoms with E-state index in [0.717, 1.165) is 21.2 Å². The monoisotopic (exact) mass is 475 g/mol. The fraction of sp³-hybridized carbons (Fsp3) is 0.333. The van der Waals surface area contributed by atoms with Crippen molar-refractivity contribution in [3.05, 3.63) is 64.0 Å². The topological polar surface area (TPSA) is 95.9 Å². The third-order valence-electron chi connectivity index (χ3n) is 5.08. The number of hydrogen-bond donors (Lipinski definition) is 3. The number of aliphatic carboxylic acids is 2. The predicted molar refractivity (Wildman–Crippen MR) is 127 cm³/mol. The normalized spacial score (nSPS) is 13.2. The highest BCUT2D eigenvalue weighted by atomic mass is 35.5. The number of carboxylic acid groups (broad SMARTS) is 2. The first-order valence-electron chi connectivity index (χ1n) is 10.3. The molecule has 2 aromatic carbocycles. The first kappa shape index (κ1) is 24.0. The lowest BCUT2D eigenvalue weighted by atomic mass is 10.0. The molecule has 32 heavy (non-hydrogen) atoms. The smallest absolute Gasteiger partial charge is 0.321 e. The number of nitrogens with one attached hydrogen (secondary N) is 1. The van der Waals surface area contributed by atoms with E-state index in [1.165, 1.54) is 0 Å². The summed E-state index contributed by atoms with van der Waals surface area (Å²) in [7, 11) is 0. The minimum Gasteiger partial charge on any atom is -0.489 e. The fourth-order valence-electron chi connectivity index (χ4n) is 3.46. The minimum absolute atomic E-state index is 0.130. The van der Waals surface area contributed by atoms with E-state index in [2.05, 4.69) is 10.7 Å². The summed E-state index contributed by atoms with van der Waals surface area (Å²) in [6, 6.07) is 11.1. The molecule has 0 bridgehead atoms. The van der Waals surface area contributed by atoms with E-state index in [1.807, 2.05) is 32.0 Å². The molecule has 2 atom stereocenters. The Morgan fingerprint density at radius 2 is 1.75 bits per heavy atom. The number of ether oxygens (including phenoxy) is 1. The van der Waals surface area contributed by atoms with E-state index < -0.39 is 24.0 Å². The number of rotatable bonds is 11. The molecule has 170 valence electrons. The molecule has 3 aromatic rings. The van der Waals surface area contributed by atoms with Gasteiger partial charge in [-0.15, -0.1) is 11.3 Å². The molecule has 6 nitrogen and oxygen atoms in total. The van der Waals surface area contributed by atoms with Crippen molar-refractivity contribution in [3.63, 3.8) is 0 Å². The summed E-state index contributed by atoms with van der Waals surface area (Å²) in [5.41, 5.74) is 1.83. The molecule has 0 aliphatic carbocycles. The molecule has 3 N–H and O–H groups in total. The second-order valence-electron chi connectivity index (χ2n) is 8.12. The van der Waals surface area contributed by atoms with Crippen LogP contribution in [-0.4, -0.2) is 34.2 Å². The van der Waals surface area contributed by atoms with Gasteiger partial charge in [0.15, 0.2) is 0 Å². The number of fused-ring (bicyclic) bond motifs is 1. The van der Waals surface area contributed by atoms with E-state index in [4.69, 9.17) is 16.3 Å². The van der Waals surface area contributed by atoms with Crippen LogP contribution in [0, 0.1) is 5.92 Å². The van der Waals surface area contributed by atoms with Crippen LogP contribution in [0.3, 0.4) is 0 Å². The zero-order valence-corrected chi connectivity index (χ0v) is 19.4. The average molecular weight is 476 g/mol. The zero-order chi connectivity index (χ0) is 23.3. The summed E-state index contributed by atoms with van der Waals surface area (Å²) in [6.45, 7) is 4.20. The highest BCUT2D eigenvalue weighted by molar-refractivity contribution is 7.17. The molecule has 0 saturated heterocycles. The van der Waals surface area contributed by atoms with Gasteiger partial charge in [0.1, 0.15) is 24.4 Å². The summed E-state index contributed by atoms with van der Waals surface area (Å²) in [4.78, 5) is 23.2. The van der Waals surface area contributed by atoms with Crippen molar-refractivity contribution >= 4 is 45.0 Å². The van der Waals surface area contributed by atoms with Gasteiger partial charge in [0, 0.05) is 20.7 Å². The van der Waals surface area contributed by atoms with Gasteiger partial charge in [-0.1, -0.05) is 37.6 Å². The van der Waals surface area contributed by atoms with Crippen molar-refractivity contribution < 1.29 is 24.5 Å². The van der Waals surface area contributed by atoms with Gasteiger partial charge >= 0.3 is 11.9 Å². The minimum atomic E-state index is -1.08. The van der Waals surface area contributed by atoms with Crippen molar-refractivity contribution in [2.24, 2.45) is 5.92 Å². The van der Waals surface area contributed by atoms with Crippen LogP contribution in [0.1, 0.15) is 31.4 Å².